The first kappa shape index (κ1) is 17.7. The third-order valence-electron chi connectivity index (χ3n) is 3.41. The summed E-state index contributed by atoms with van der Waals surface area (Å²) >= 11 is 0. The van der Waals surface area contributed by atoms with Gasteiger partial charge in [0.05, 0.1) is 13.7 Å². The Morgan fingerprint density at radius 1 is 1.00 bits per heavy atom. The van der Waals surface area contributed by atoms with E-state index in [0.29, 0.717) is 25.3 Å². The van der Waals surface area contributed by atoms with E-state index in [1.54, 1.807) is 31.4 Å². The highest BCUT2D eigenvalue weighted by Gasteiger charge is 2.17. The zero-order valence-corrected chi connectivity index (χ0v) is 14.0. The summed E-state index contributed by atoms with van der Waals surface area (Å²) in [4.78, 5) is 12.2. The lowest BCUT2D eigenvalue weighted by atomic mass is 10.2. The van der Waals surface area contributed by atoms with E-state index in [0.717, 1.165) is 11.5 Å². The second kappa shape index (κ2) is 9.45. The van der Waals surface area contributed by atoms with Gasteiger partial charge < -0.3 is 19.5 Å². The van der Waals surface area contributed by atoms with Gasteiger partial charge in [0.25, 0.3) is 5.91 Å². The Kier molecular flexibility index (Phi) is 6.95. The van der Waals surface area contributed by atoms with Crippen LogP contribution in [0.15, 0.2) is 54.6 Å². The molecule has 0 aliphatic carbocycles. The van der Waals surface area contributed by atoms with E-state index in [1.807, 2.05) is 37.3 Å². The minimum atomic E-state index is -0.532. The van der Waals surface area contributed by atoms with Crippen molar-refractivity contribution in [3.05, 3.63) is 54.6 Å². The number of rotatable bonds is 9. The smallest absolute Gasteiger partial charge is 0.261 e. The van der Waals surface area contributed by atoms with Gasteiger partial charge in [-0.1, -0.05) is 25.1 Å². The number of hydrogen-bond donors (Lipinski definition) is 1. The molecule has 2 rings (SSSR count). The third kappa shape index (κ3) is 5.50. The maximum atomic E-state index is 12.2. The van der Waals surface area contributed by atoms with Gasteiger partial charge in [-0.05, 0) is 42.8 Å². The Balaban J connectivity index is 1.76. The number of carbonyl (C=O) groups is 1. The Labute approximate surface area is 142 Å². The first-order chi connectivity index (χ1) is 11.7. The Bertz CT molecular complexity index is 613. The largest absolute Gasteiger partial charge is 0.497 e. The Morgan fingerprint density at radius 3 is 2.29 bits per heavy atom. The van der Waals surface area contributed by atoms with Crippen molar-refractivity contribution in [1.82, 2.24) is 5.32 Å². The summed E-state index contributed by atoms with van der Waals surface area (Å²) < 4.78 is 16.4. The molecular weight excluding hydrogens is 306 g/mol. The average Bonchev–Trinajstić information content (AvgIpc) is 2.64. The van der Waals surface area contributed by atoms with Gasteiger partial charge in [0.2, 0.25) is 0 Å². The number of nitrogens with one attached hydrogen (secondary N) is 1. The molecule has 1 amide bonds. The molecule has 0 spiro atoms. The fraction of sp³-hybridized carbons (Fsp3) is 0.316. The second-order valence-electron chi connectivity index (χ2n) is 5.14. The van der Waals surface area contributed by atoms with Crippen molar-refractivity contribution in [3.8, 4) is 17.2 Å². The van der Waals surface area contributed by atoms with E-state index in [2.05, 4.69) is 5.32 Å². The molecule has 0 radical (unpaired) electrons. The highest BCUT2D eigenvalue weighted by Crippen LogP contribution is 2.19. The second-order valence-corrected chi connectivity index (χ2v) is 5.14. The Morgan fingerprint density at radius 2 is 1.67 bits per heavy atom. The topological polar surface area (TPSA) is 56.8 Å². The molecule has 5 nitrogen and oxygen atoms in total. The van der Waals surface area contributed by atoms with Crippen molar-refractivity contribution >= 4 is 5.91 Å². The highest BCUT2D eigenvalue weighted by molar-refractivity contribution is 5.81. The van der Waals surface area contributed by atoms with Crippen LogP contribution in [0.2, 0.25) is 0 Å². The minimum absolute atomic E-state index is 0.148. The normalized spacial score (nSPS) is 11.4. The number of hydrogen-bond acceptors (Lipinski definition) is 4. The molecule has 0 saturated heterocycles. The van der Waals surface area contributed by atoms with E-state index in [9.17, 15) is 4.79 Å². The molecule has 2 aromatic carbocycles. The van der Waals surface area contributed by atoms with Crippen LogP contribution < -0.4 is 19.5 Å². The quantitative estimate of drug-likeness (QED) is 0.719. The zero-order valence-electron chi connectivity index (χ0n) is 14.0. The molecule has 0 aliphatic rings. The maximum Gasteiger partial charge on any atom is 0.261 e. The van der Waals surface area contributed by atoms with Gasteiger partial charge in [0, 0.05) is 0 Å². The molecule has 1 atom stereocenters. The summed E-state index contributed by atoms with van der Waals surface area (Å²) in [7, 11) is 1.61. The van der Waals surface area contributed by atoms with Crippen LogP contribution in [0.1, 0.15) is 13.3 Å². The molecule has 0 aromatic heterocycles. The van der Waals surface area contributed by atoms with Crippen LogP contribution in [-0.2, 0) is 4.79 Å². The average molecular weight is 329 g/mol. The van der Waals surface area contributed by atoms with Crippen LogP contribution in [0.4, 0.5) is 0 Å². The van der Waals surface area contributed by atoms with Crippen LogP contribution in [0.25, 0.3) is 0 Å². The number of carbonyl (C=O) groups excluding carboxylic acids is 1. The summed E-state index contributed by atoms with van der Waals surface area (Å²) in [5.74, 6) is 2.02. The predicted octanol–water partition coefficient (Wildman–Crippen LogP) is 3.05. The van der Waals surface area contributed by atoms with Gasteiger partial charge in [-0.2, -0.15) is 0 Å². The van der Waals surface area contributed by atoms with Gasteiger partial charge in [0.15, 0.2) is 6.10 Å². The first-order valence-electron chi connectivity index (χ1n) is 7.99. The van der Waals surface area contributed by atoms with Crippen LogP contribution in [0, 0.1) is 0 Å². The van der Waals surface area contributed by atoms with E-state index in [1.165, 1.54) is 0 Å². The van der Waals surface area contributed by atoms with Gasteiger partial charge in [-0.3, -0.25) is 4.79 Å². The molecule has 24 heavy (non-hydrogen) atoms. The number of ether oxygens (including phenoxy) is 3. The molecule has 2 aromatic rings. The number of methoxy groups -OCH3 is 1. The van der Waals surface area contributed by atoms with Crippen molar-refractivity contribution in [2.75, 3.05) is 20.3 Å². The van der Waals surface area contributed by atoms with Crippen molar-refractivity contribution in [1.29, 1.82) is 0 Å². The molecule has 0 unspecified atom stereocenters. The van der Waals surface area contributed by atoms with Gasteiger partial charge in [-0.15, -0.1) is 0 Å². The summed E-state index contributed by atoms with van der Waals surface area (Å²) in [5, 5.41) is 2.83. The molecule has 0 fully saturated rings. The lowest BCUT2D eigenvalue weighted by molar-refractivity contribution is -0.128. The van der Waals surface area contributed by atoms with Gasteiger partial charge >= 0.3 is 0 Å². The van der Waals surface area contributed by atoms with Crippen LogP contribution >= 0.6 is 0 Å². The van der Waals surface area contributed by atoms with E-state index < -0.39 is 6.10 Å². The lowest BCUT2D eigenvalue weighted by Crippen LogP contribution is -2.39. The van der Waals surface area contributed by atoms with E-state index in [-0.39, 0.29) is 5.91 Å². The SMILES string of the molecule is CC[C@H](Oc1ccc(OC)cc1)C(=O)NCCOc1ccccc1. The van der Waals surface area contributed by atoms with Crippen molar-refractivity contribution < 1.29 is 19.0 Å². The Hall–Kier alpha value is -2.69. The fourth-order valence-electron chi connectivity index (χ4n) is 2.11. The molecule has 0 aliphatic heterocycles. The number of para-hydroxylation sites is 1. The molecule has 1 N–H and O–H groups in total. The zero-order chi connectivity index (χ0) is 17.2. The standard InChI is InChI=1S/C19H23NO4/c1-3-18(24-17-11-9-15(22-2)10-12-17)19(21)20-13-14-23-16-7-5-4-6-8-16/h4-12,18H,3,13-14H2,1-2H3,(H,20,21)/t18-/m0/s1. The van der Waals surface area contributed by atoms with Crippen molar-refractivity contribution in [3.63, 3.8) is 0 Å². The first-order valence-corrected chi connectivity index (χ1v) is 7.99. The predicted molar refractivity (Wildman–Crippen MR) is 92.6 cm³/mol. The third-order valence-corrected chi connectivity index (χ3v) is 3.41. The van der Waals surface area contributed by atoms with Gasteiger partial charge in [0.1, 0.15) is 23.9 Å². The summed E-state index contributed by atoms with van der Waals surface area (Å²) in [6.07, 6.45) is 0.0485. The van der Waals surface area contributed by atoms with Crippen LogP contribution in [0.3, 0.4) is 0 Å². The summed E-state index contributed by atoms with van der Waals surface area (Å²) in [6, 6.07) is 16.7. The van der Waals surface area contributed by atoms with Gasteiger partial charge in [-0.25, -0.2) is 0 Å². The van der Waals surface area contributed by atoms with Crippen molar-refractivity contribution in [2.45, 2.75) is 19.4 Å². The molecule has 128 valence electrons. The lowest BCUT2D eigenvalue weighted by Gasteiger charge is -2.17. The molecule has 0 bridgehead atoms. The molecular formula is C19H23NO4. The molecule has 0 saturated carbocycles. The van der Waals surface area contributed by atoms with Crippen molar-refractivity contribution in [2.24, 2.45) is 0 Å². The van der Waals surface area contributed by atoms with E-state index >= 15 is 0 Å². The monoisotopic (exact) mass is 329 g/mol. The molecule has 0 heterocycles. The number of benzene rings is 2. The maximum absolute atomic E-state index is 12.2. The molecule has 5 heteroatoms. The summed E-state index contributed by atoms with van der Waals surface area (Å²) in [5.41, 5.74) is 0. The highest BCUT2D eigenvalue weighted by atomic mass is 16.5. The van der Waals surface area contributed by atoms with E-state index in [4.69, 9.17) is 14.2 Å². The van der Waals surface area contributed by atoms with Crippen LogP contribution in [-0.4, -0.2) is 32.3 Å². The van der Waals surface area contributed by atoms with Crippen LogP contribution in [0.5, 0.6) is 17.2 Å². The summed E-state index contributed by atoms with van der Waals surface area (Å²) in [6.45, 7) is 2.75. The number of amides is 1. The minimum Gasteiger partial charge on any atom is -0.497 e. The fourth-order valence-corrected chi connectivity index (χ4v) is 2.11.